The van der Waals surface area contributed by atoms with E-state index in [1.807, 2.05) is 0 Å². The predicted octanol–water partition coefficient (Wildman–Crippen LogP) is 4.57. The van der Waals surface area contributed by atoms with Crippen molar-refractivity contribution in [1.82, 2.24) is 0 Å². The van der Waals surface area contributed by atoms with E-state index in [1.54, 1.807) is 0 Å². The second-order valence-corrected chi connectivity index (χ2v) is 6.76. The molecule has 16 nitrogen and oxygen atoms in total. The Kier molecular flexibility index (Phi) is 7.29. The molecule has 0 unspecified atom stereocenters. The Morgan fingerprint density at radius 3 is 1.89 bits per heavy atom. The molecule has 184 valence electrons. The van der Waals surface area contributed by atoms with Gasteiger partial charge >= 0.3 is 11.4 Å². The zero-order chi connectivity index (χ0) is 26.4. The van der Waals surface area contributed by atoms with Crippen LogP contribution < -0.4 is 14.9 Å². The number of benzene rings is 3. The lowest BCUT2D eigenvalue weighted by atomic mass is 10.2. The fraction of sp³-hybridized carbons (Fsp3) is 0.0500. The first kappa shape index (κ1) is 25.0. The molecule has 0 aliphatic rings. The Labute approximate surface area is 200 Å². The summed E-state index contributed by atoms with van der Waals surface area (Å²) in [6, 6.07) is 10.2. The van der Waals surface area contributed by atoms with Gasteiger partial charge < -0.3 is 9.47 Å². The van der Waals surface area contributed by atoms with Crippen LogP contribution in [0.2, 0.25) is 0 Å². The molecule has 0 bridgehead atoms. The SMILES string of the molecule is COc1ccc(/C=N\Nc2ccc([N+](=O)[O-])cc2[N+](=O)[O-])cc1Oc1ccc([N+](=O)[O-])cc1[N+](=O)[O-]. The summed E-state index contributed by atoms with van der Waals surface area (Å²) < 4.78 is 10.8. The van der Waals surface area contributed by atoms with Gasteiger partial charge in [-0.3, -0.25) is 45.9 Å². The molecular formula is C20H14N6O10. The van der Waals surface area contributed by atoms with Gasteiger partial charge in [-0.1, -0.05) is 0 Å². The summed E-state index contributed by atoms with van der Waals surface area (Å²) in [5, 5.41) is 48.3. The minimum absolute atomic E-state index is 0.0136. The minimum Gasteiger partial charge on any atom is -0.493 e. The molecule has 0 spiro atoms. The van der Waals surface area contributed by atoms with Crippen molar-refractivity contribution in [2.75, 3.05) is 12.5 Å². The number of nitrogens with zero attached hydrogens (tertiary/aromatic N) is 5. The molecule has 0 saturated carbocycles. The number of hydrogen-bond donors (Lipinski definition) is 1. The summed E-state index contributed by atoms with van der Waals surface area (Å²) in [4.78, 5) is 41.2. The van der Waals surface area contributed by atoms with E-state index in [1.165, 1.54) is 31.5 Å². The van der Waals surface area contributed by atoms with Crippen molar-refractivity contribution in [3.63, 3.8) is 0 Å². The third kappa shape index (κ3) is 5.63. The highest BCUT2D eigenvalue weighted by molar-refractivity contribution is 5.82. The average Bonchev–Trinajstić information content (AvgIpc) is 2.84. The maximum absolute atomic E-state index is 11.4. The van der Waals surface area contributed by atoms with Crippen molar-refractivity contribution >= 4 is 34.7 Å². The zero-order valence-electron chi connectivity index (χ0n) is 18.1. The predicted molar refractivity (Wildman–Crippen MR) is 124 cm³/mol. The van der Waals surface area contributed by atoms with E-state index >= 15 is 0 Å². The molecule has 0 saturated heterocycles. The minimum atomic E-state index is -0.832. The van der Waals surface area contributed by atoms with Gasteiger partial charge in [0.25, 0.3) is 11.4 Å². The number of nitrogens with one attached hydrogen (secondary N) is 1. The van der Waals surface area contributed by atoms with Crippen molar-refractivity contribution in [1.29, 1.82) is 0 Å². The fourth-order valence-electron chi connectivity index (χ4n) is 2.88. The first-order valence-corrected chi connectivity index (χ1v) is 9.61. The molecule has 0 fully saturated rings. The van der Waals surface area contributed by atoms with Gasteiger partial charge in [0.05, 0.1) is 45.2 Å². The number of methoxy groups -OCH3 is 1. The Hall–Kier alpha value is -5.67. The van der Waals surface area contributed by atoms with Gasteiger partial charge in [0.1, 0.15) is 5.69 Å². The van der Waals surface area contributed by atoms with Gasteiger partial charge in [-0.25, -0.2) is 0 Å². The Balaban J connectivity index is 1.88. The van der Waals surface area contributed by atoms with Crippen LogP contribution in [0.4, 0.5) is 28.4 Å². The standard InChI is InChI=1S/C20H14N6O10/c1-35-19-6-2-12(11-21-22-15-5-3-13(23(27)28)9-16(15)25(31)32)8-20(19)36-18-7-4-14(24(29)30)10-17(18)26(33)34/h2-11,22H,1H3/b21-11-. The summed E-state index contributed by atoms with van der Waals surface area (Å²) in [6.45, 7) is 0. The number of hydrogen-bond acceptors (Lipinski definition) is 12. The maximum Gasteiger partial charge on any atom is 0.318 e. The van der Waals surface area contributed by atoms with Crippen LogP contribution in [-0.4, -0.2) is 33.0 Å². The van der Waals surface area contributed by atoms with Crippen molar-refractivity contribution < 1.29 is 29.2 Å². The number of hydrazone groups is 1. The zero-order valence-corrected chi connectivity index (χ0v) is 18.1. The number of ether oxygens (including phenoxy) is 2. The molecule has 0 atom stereocenters. The topological polar surface area (TPSA) is 215 Å². The van der Waals surface area contributed by atoms with E-state index in [4.69, 9.17) is 9.47 Å². The van der Waals surface area contributed by atoms with E-state index in [2.05, 4.69) is 10.5 Å². The van der Waals surface area contributed by atoms with E-state index in [0.29, 0.717) is 5.56 Å². The van der Waals surface area contributed by atoms with Gasteiger partial charge in [0, 0.05) is 12.1 Å². The molecule has 3 rings (SSSR count). The van der Waals surface area contributed by atoms with Crippen LogP contribution in [0.15, 0.2) is 59.7 Å². The van der Waals surface area contributed by atoms with Crippen LogP contribution in [0, 0.1) is 40.5 Å². The normalized spacial score (nSPS) is 10.6. The molecule has 0 heterocycles. The van der Waals surface area contributed by atoms with Crippen molar-refractivity contribution in [3.05, 3.63) is 101 Å². The van der Waals surface area contributed by atoms with Crippen LogP contribution in [0.5, 0.6) is 17.2 Å². The quantitative estimate of drug-likeness (QED) is 0.232. The highest BCUT2D eigenvalue weighted by Crippen LogP contribution is 2.38. The third-order valence-corrected chi connectivity index (χ3v) is 4.55. The van der Waals surface area contributed by atoms with Crippen LogP contribution >= 0.6 is 0 Å². The van der Waals surface area contributed by atoms with Gasteiger partial charge in [-0.05, 0) is 35.9 Å². The first-order chi connectivity index (χ1) is 17.1. The van der Waals surface area contributed by atoms with E-state index in [-0.39, 0.29) is 22.9 Å². The van der Waals surface area contributed by atoms with Crippen molar-refractivity contribution in [2.24, 2.45) is 5.10 Å². The maximum atomic E-state index is 11.4. The Morgan fingerprint density at radius 1 is 0.722 bits per heavy atom. The second-order valence-electron chi connectivity index (χ2n) is 6.76. The first-order valence-electron chi connectivity index (χ1n) is 9.61. The van der Waals surface area contributed by atoms with Gasteiger partial charge in [0.15, 0.2) is 11.5 Å². The molecule has 0 aromatic heterocycles. The van der Waals surface area contributed by atoms with E-state index < -0.39 is 42.4 Å². The molecule has 36 heavy (non-hydrogen) atoms. The van der Waals surface area contributed by atoms with E-state index in [9.17, 15) is 40.5 Å². The molecule has 16 heteroatoms. The molecule has 1 N–H and O–H groups in total. The molecular weight excluding hydrogens is 484 g/mol. The fourth-order valence-corrected chi connectivity index (χ4v) is 2.88. The number of nitro benzene ring substituents is 4. The third-order valence-electron chi connectivity index (χ3n) is 4.55. The highest BCUT2D eigenvalue weighted by Gasteiger charge is 2.22. The largest absolute Gasteiger partial charge is 0.493 e. The Bertz CT molecular complexity index is 1410. The Morgan fingerprint density at radius 2 is 1.31 bits per heavy atom. The molecule has 0 aliphatic carbocycles. The number of nitro groups is 4. The number of anilines is 1. The lowest BCUT2D eigenvalue weighted by molar-refractivity contribution is -0.394. The van der Waals surface area contributed by atoms with Gasteiger partial charge in [-0.15, -0.1) is 0 Å². The van der Waals surface area contributed by atoms with Crippen molar-refractivity contribution in [3.8, 4) is 17.2 Å². The number of rotatable bonds is 10. The molecule has 0 aliphatic heterocycles. The molecule has 0 amide bonds. The summed E-state index contributed by atoms with van der Waals surface area (Å²) in [7, 11) is 1.33. The lowest BCUT2D eigenvalue weighted by Crippen LogP contribution is -1.99. The van der Waals surface area contributed by atoms with Gasteiger partial charge in [0.2, 0.25) is 5.75 Å². The monoisotopic (exact) mass is 498 g/mol. The second kappa shape index (κ2) is 10.5. The van der Waals surface area contributed by atoms with Crippen LogP contribution in [0.25, 0.3) is 0 Å². The van der Waals surface area contributed by atoms with Gasteiger partial charge in [-0.2, -0.15) is 5.10 Å². The summed E-state index contributed by atoms with van der Waals surface area (Å²) >= 11 is 0. The smallest absolute Gasteiger partial charge is 0.318 e. The lowest BCUT2D eigenvalue weighted by Gasteiger charge is -2.11. The highest BCUT2D eigenvalue weighted by atomic mass is 16.6. The van der Waals surface area contributed by atoms with Crippen LogP contribution in [-0.2, 0) is 0 Å². The van der Waals surface area contributed by atoms with Crippen LogP contribution in [0.1, 0.15) is 5.56 Å². The number of non-ortho nitro benzene ring substituents is 2. The van der Waals surface area contributed by atoms with Crippen LogP contribution in [0.3, 0.4) is 0 Å². The van der Waals surface area contributed by atoms with E-state index in [0.717, 1.165) is 36.4 Å². The summed E-state index contributed by atoms with van der Waals surface area (Å²) in [5.41, 5.74) is 0.530. The molecule has 0 radical (unpaired) electrons. The summed E-state index contributed by atoms with van der Waals surface area (Å²) in [5.74, 6) is -0.0869. The average molecular weight is 498 g/mol. The molecule has 3 aromatic rings. The van der Waals surface area contributed by atoms with Crippen molar-refractivity contribution in [2.45, 2.75) is 0 Å². The summed E-state index contributed by atoms with van der Waals surface area (Å²) in [6.07, 6.45) is 1.24. The molecule has 3 aromatic carbocycles.